The van der Waals surface area contributed by atoms with Crippen molar-refractivity contribution >= 4 is 5.91 Å². The van der Waals surface area contributed by atoms with Gasteiger partial charge >= 0.3 is 0 Å². The van der Waals surface area contributed by atoms with E-state index >= 15 is 0 Å². The lowest BCUT2D eigenvalue weighted by Gasteiger charge is -2.18. The third kappa shape index (κ3) is 5.13. The fraction of sp³-hybridized carbons (Fsp3) is 0.500. The van der Waals surface area contributed by atoms with Crippen LogP contribution in [0.5, 0.6) is 0 Å². The molecule has 1 aromatic carbocycles. The minimum atomic E-state index is -0.643. The van der Waals surface area contributed by atoms with E-state index in [1.807, 2.05) is 32.6 Å². The molecule has 2 rings (SSSR count). The van der Waals surface area contributed by atoms with E-state index in [2.05, 4.69) is 10.4 Å². The quantitative estimate of drug-likeness (QED) is 0.680. The molecule has 0 atom stereocenters. The van der Waals surface area contributed by atoms with Crippen molar-refractivity contribution in [3.05, 3.63) is 46.8 Å². The van der Waals surface area contributed by atoms with Crippen LogP contribution in [-0.2, 0) is 11.3 Å². The Morgan fingerprint density at radius 3 is 2.56 bits per heavy atom. The van der Waals surface area contributed by atoms with Gasteiger partial charge in [0.05, 0.1) is 5.69 Å². The fourth-order valence-electron chi connectivity index (χ4n) is 3.13. The molecule has 27 heavy (non-hydrogen) atoms. The number of halogens is 2. The van der Waals surface area contributed by atoms with Crippen LogP contribution >= 0.6 is 0 Å². The summed E-state index contributed by atoms with van der Waals surface area (Å²) in [5.41, 5.74) is 2.81. The molecule has 0 saturated heterocycles. The van der Waals surface area contributed by atoms with Crippen LogP contribution in [-0.4, -0.2) is 40.2 Å². The van der Waals surface area contributed by atoms with Gasteiger partial charge in [-0.25, -0.2) is 13.5 Å². The Morgan fingerprint density at radius 2 is 1.93 bits per heavy atom. The Morgan fingerprint density at radius 1 is 1.22 bits per heavy atom. The zero-order valence-corrected chi connectivity index (χ0v) is 16.5. The van der Waals surface area contributed by atoms with Crippen LogP contribution in [0.1, 0.15) is 43.6 Å². The third-order valence-corrected chi connectivity index (χ3v) is 4.74. The number of hydrogen-bond acceptors (Lipinski definition) is 3. The van der Waals surface area contributed by atoms with Gasteiger partial charge in [-0.1, -0.05) is 0 Å². The Labute approximate surface area is 159 Å². The second-order valence-corrected chi connectivity index (χ2v) is 6.50. The Bertz CT molecular complexity index is 785. The lowest BCUT2D eigenvalue weighted by atomic mass is 10.2. The lowest BCUT2D eigenvalue weighted by Crippen LogP contribution is -2.30. The van der Waals surface area contributed by atoms with Gasteiger partial charge in [0.25, 0.3) is 0 Å². The minimum Gasteiger partial charge on any atom is -0.343 e. The van der Waals surface area contributed by atoms with Gasteiger partial charge in [-0.15, -0.1) is 0 Å². The minimum absolute atomic E-state index is 0.175. The molecule has 0 unspecified atom stereocenters. The van der Waals surface area contributed by atoms with Crippen molar-refractivity contribution in [3.63, 3.8) is 0 Å². The molecule has 148 valence electrons. The van der Waals surface area contributed by atoms with Crippen molar-refractivity contribution in [1.82, 2.24) is 20.0 Å². The molecule has 0 aliphatic rings. The summed E-state index contributed by atoms with van der Waals surface area (Å²) in [5.74, 6) is -1.08. The summed E-state index contributed by atoms with van der Waals surface area (Å²) in [6.45, 7) is 10.5. The maximum atomic E-state index is 14.1. The summed E-state index contributed by atoms with van der Waals surface area (Å²) in [6.07, 6.45) is 1.28. The molecule has 1 N–H and O–H groups in total. The maximum absolute atomic E-state index is 14.1. The molecule has 1 heterocycles. The van der Waals surface area contributed by atoms with Gasteiger partial charge in [0, 0.05) is 43.4 Å². The molecule has 0 fully saturated rings. The Balaban J connectivity index is 1.94. The van der Waals surface area contributed by atoms with Crippen LogP contribution in [0.4, 0.5) is 8.78 Å². The summed E-state index contributed by atoms with van der Waals surface area (Å²) >= 11 is 0. The van der Waals surface area contributed by atoms with Gasteiger partial charge in [-0.2, -0.15) is 5.10 Å². The van der Waals surface area contributed by atoms with Crippen LogP contribution in [0.15, 0.2) is 18.2 Å². The smallest absolute Gasteiger partial charge is 0.222 e. The largest absolute Gasteiger partial charge is 0.343 e. The average molecular weight is 378 g/mol. The molecule has 2 aromatic rings. The summed E-state index contributed by atoms with van der Waals surface area (Å²) in [6, 6.07) is 3.47. The second-order valence-electron chi connectivity index (χ2n) is 6.50. The van der Waals surface area contributed by atoms with Crippen molar-refractivity contribution < 1.29 is 13.6 Å². The molecule has 0 spiro atoms. The molecule has 1 amide bonds. The monoisotopic (exact) mass is 378 g/mol. The zero-order chi connectivity index (χ0) is 20.0. The number of amides is 1. The van der Waals surface area contributed by atoms with E-state index in [4.69, 9.17) is 0 Å². The number of carbonyl (C=O) groups excluding carboxylic acids is 1. The zero-order valence-electron chi connectivity index (χ0n) is 16.5. The van der Waals surface area contributed by atoms with E-state index < -0.39 is 11.6 Å². The van der Waals surface area contributed by atoms with Crippen LogP contribution < -0.4 is 5.32 Å². The Hall–Kier alpha value is -2.28. The molecule has 0 aliphatic heterocycles. The highest BCUT2D eigenvalue weighted by atomic mass is 19.1. The predicted octanol–water partition coefficient (Wildman–Crippen LogP) is 3.51. The van der Waals surface area contributed by atoms with Gasteiger partial charge in [0.15, 0.2) is 5.82 Å². The van der Waals surface area contributed by atoms with E-state index in [1.54, 1.807) is 0 Å². The van der Waals surface area contributed by atoms with E-state index in [0.717, 1.165) is 42.5 Å². The molecule has 7 heteroatoms. The molecule has 0 saturated carbocycles. The average Bonchev–Trinajstić information content (AvgIpc) is 2.90. The highest BCUT2D eigenvalue weighted by Gasteiger charge is 2.15. The highest BCUT2D eigenvalue weighted by molar-refractivity contribution is 5.76. The van der Waals surface area contributed by atoms with Crippen molar-refractivity contribution in [2.75, 3.05) is 19.6 Å². The molecule has 5 nitrogen and oxygen atoms in total. The molecule has 1 aromatic heterocycles. The lowest BCUT2D eigenvalue weighted by molar-refractivity contribution is -0.130. The van der Waals surface area contributed by atoms with Crippen molar-refractivity contribution in [2.45, 2.75) is 47.1 Å². The molecule has 0 aliphatic carbocycles. The number of nitrogens with zero attached hydrogens (tertiary/aromatic N) is 3. The van der Waals surface area contributed by atoms with Crippen LogP contribution in [0, 0.1) is 25.5 Å². The van der Waals surface area contributed by atoms with Gasteiger partial charge in [0.1, 0.15) is 11.5 Å². The number of benzene rings is 1. The van der Waals surface area contributed by atoms with Gasteiger partial charge in [-0.05, 0) is 52.8 Å². The Kier molecular flexibility index (Phi) is 7.47. The third-order valence-electron chi connectivity index (χ3n) is 4.74. The molecule has 0 radical (unpaired) electrons. The topological polar surface area (TPSA) is 50.2 Å². The second kappa shape index (κ2) is 9.60. The van der Waals surface area contributed by atoms with Crippen molar-refractivity contribution in [1.29, 1.82) is 0 Å². The summed E-state index contributed by atoms with van der Waals surface area (Å²) < 4.78 is 28.7. The van der Waals surface area contributed by atoms with Crippen LogP contribution in [0.2, 0.25) is 0 Å². The molecular weight excluding hydrogens is 350 g/mol. The summed E-state index contributed by atoms with van der Waals surface area (Å²) in [5, 5.41) is 7.72. The summed E-state index contributed by atoms with van der Waals surface area (Å²) in [7, 11) is 0. The van der Waals surface area contributed by atoms with E-state index in [1.165, 1.54) is 16.8 Å². The predicted molar refractivity (Wildman–Crippen MR) is 102 cm³/mol. The fourth-order valence-corrected chi connectivity index (χ4v) is 3.13. The van der Waals surface area contributed by atoms with Crippen LogP contribution in [0.25, 0.3) is 5.69 Å². The van der Waals surface area contributed by atoms with E-state index in [0.29, 0.717) is 19.5 Å². The normalized spacial score (nSPS) is 11.0. The van der Waals surface area contributed by atoms with Crippen LogP contribution in [0.3, 0.4) is 0 Å². The van der Waals surface area contributed by atoms with E-state index in [9.17, 15) is 13.6 Å². The number of carbonyl (C=O) groups is 1. The summed E-state index contributed by atoms with van der Waals surface area (Å²) in [4.78, 5) is 13.8. The standard InChI is InChI=1S/C20H28F2N4O/c1-5-25(6-2)20(27)8-7-11-23-13-17-14(3)24-26(15(17)4)19-10-9-16(21)12-18(19)22/h9-10,12,23H,5-8,11,13H2,1-4H3. The van der Waals surface area contributed by atoms with E-state index in [-0.39, 0.29) is 11.6 Å². The first-order valence-corrected chi connectivity index (χ1v) is 9.38. The number of hydrogen-bond donors (Lipinski definition) is 1. The van der Waals surface area contributed by atoms with Crippen molar-refractivity contribution in [2.24, 2.45) is 0 Å². The first kappa shape index (κ1) is 21.0. The number of aryl methyl sites for hydroxylation is 1. The SMILES string of the molecule is CCN(CC)C(=O)CCCNCc1c(C)nn(-c2ccc(F)cc2F)c1C. The van der Waals surface area contributed by atoms with Crippen molar-refractivity contribution in [3.8, 4) is 5.69 Å². The number of aromatic nitrogens is 2. The molecule has 0 bridgehead atoms. The first-order valence-electron chi connectivity index (χ1n) is 9.38. The van der Waals surface area contributed by atoms with Gasteiger partial charge in [-0.3, -0.25) is 4.79 Å². The van der Waals surface area contributed by atoms with Gasteiger partial charge in [0.2, 0.25) is 5.91 Å². The van der Waals surface area contributed by atoms with Gasteiger partial charge < -0.3 is 10.2 Å². The first-order chi connectivity index (χ1) is 12.9. The number of nitrogens with one attached hydrogen (secondary N) is 1. The molecular formula is C20H28F2N4O. The highest BCUT2D eigenvalue weighted by Crippen LogP contribution is 2.20. The number of rotatable bonds is 9. The maximum Gasteiger partial charge on any atom is 0.222 e.